The highest BCUT2D eigenvalue weighted by Crippen LogP contribution is 2.40. The summed E-state index contributed by atoms with van der Waals surface area (Å²) in [5.41, 5.74) is 11.5. The van der Waals surface area contributed by atoms with Gasteiger partial charge in [-0.3, -0.25) is 4.79 Å². The van der Waals surface area contributed by atoms with Gasteiger partial charge in [-0.25, -0.2) is 0 Å². The molecule has 0 spiro atoms. The molecule has 0 aromatic heterocycles. The molecular formula is C25H40N2O. The van der Waals surface area contributed by atoms with Gasteiger partial charge >= 0.3 is 0 Å². The number of nitrogens with one attached hydrogen (secondary N) is 1. The number of allylic oxidation sites excluding steroid dienone is 9. The van der Waals surface area contributed by atoms with E-state index in [1.54, 1.807) is 0 Å². The second kappa shape index (κ2) is 11.2. The maximum atomic E-state index is 11.8. The molecule has 1 rings (SSSR count). The SMILES string of the molecule is CC1=C(/C=C/C(C)=C/C=C/C(C)=C/CNC(=O)[C@@H](N)C(C)C)C(C)(C)CCC1. The first kappa shape index (κ1) is 24.2. The highest BCUT2D eigenvalue weighted by atomic mass is 16.2. The standard InChI is InChI=1S/C25H40N2O/c1-18(2)23(26)24(28)27-17-15-20(4)11-8-10-19(3)13-14-22-21(5)12-9-16-25(22,6)7/h8,10-11,13-15,18,23H,9,12,16-17,26H2,1-7H3,(H,27,28)/b11-8+,14-13+,19-10+,20-15+/t23-/m0/s1. The second-order valence-corrected chi connectivity index (χ2v) is 9.00. The van der Waals surface area contributed by atoms with Crippen molar-refractivity contribution in [2.75, 3.05) is 6.54 Å². The van der Waals surface area contributed by atoms with E-state index in [-0.39, 0.29) is 17.2 Å². The minimum absolute atomic E-state index is 0.0980. The van der Waals surface area contributed by atoms with Crippen molar-refractivity contribution >= 4 is 5.91 Å². The van der Waals surface area contributed by atoms with Crippen LogP contribution >= 0.6 is 0 Å². The number of amides is 1. The first-order valence-corrected chi connectivity index (χ1v) is 10.5. The molecule has 3 heteroatoms. The molecular weight excluding hydrogens is 344 g/mol. The molecule has 0 saturated heterocycles. The van der Waals surface area contributed by atoms with Gasteiger partial charge in [-0.05, 0) is 56.9 Å². The van der Waals surface area contributed by atoms with Crippen molar-refractivity contribution in [1.82, 2.24) is 5.32 Å². The zero-order valence-corrected chi connectivity index (χ0v) is 18.9. The van der Waals surface area contributed by atoms with Crippen LogP contribution in [0.2, 0.25) is 0 Å². The molecule has 0 aliphatic heterocycles. The van der Waals surface area contributed by atoms with E-state index in [0.29, 0.717) is 6.54 Å². The van der Waals surface area contributed by atoms with E-state index in [9.17, 15) is 4.79 Å². The highest BCUT2D eigenvalue weighted by molar-refractivity contribution is 5.81. The molecule has 1 aliphatic carbocycles. The Kier molecular flexibility index (Phi) is 9.68. The molecule has 0 unspecified atom stereocenters. The highest BCUT2D eigenvalue weighted by Gasteiger charge is 2.26. The topological polar surface area (TPSA) is 55.1 Å². The summed E-state index contributed by atoms with van der Waals surface area (Å²) in [6, 6.07) is -0.450. The Morgan fingerprint density at radius 2 is 1.89 bits per heavy atom. The van der Waals surface area contributed by atoms with Gasteiger partial charge in [0.05, 0.1) is 6.04 Å². The van der Waals surface area contributed by atoms with Crippen LogP contribution in [0, 0.1) is 11.3 Å². The molecule has 3 nitrogen and oxygen atoms in total. The summed E-state index contributed by atoms with van der Waals surface area (Å²) in [4.78, 5) is 11.8. The van der Waals surface area contributed by atoms with Crippen molar-refractivity contribution in [2.24, 2.45) is 17.1 Å². The molecule has 0 saturated carbocycles. The average molecular weight is 385 g/mol. The van der Waals surface area contributed by atoms with Crippen LogP contribution in [-0.2, 0) is 4.79 Å². The van der Waals surface area contributed by atoms with Crippen molar-refractivity contribution in [3.05, 3.63) is 58.7 Å². The average Bonchev–Trinajstić information content (AvgIpc) is 2.59. The van der Waals surface area contributed by atoms with Crippen molar-refractivity contribution < 1.29 is 4.79 Å². The second-order valence-electron chi connectivity index (χ2n) is 9.00. The van der Waals surface area contributed by atoms with E-state index in [4.69, 9.17) is 5.73 Å². The zero-order chi connectivity index (χ0) is 21.3. The minimum Gasteiger partial charge on any atom is -0.351 e. The van der Waals surface area contributed by atoms with E-state index in [1.165, 1.54) is 36.0 Å². The molecule has 0 bridgehead atoms. The molecule has 1 amide bonds. The van der Waals surface area contributed by atoms with Gasteiger partial charge in [0.2, 0.25) is 5.91 Å². The van der Waals surface area contributed by atoms with Crippen LogP contribution in [0.15, 0.2) is 58.7 Å². The fourth-order valence-electron chi connectivity index (χ4n) is 3.43. The third kappa shape index (κ3) is 8.02. The van der Waals surface area contributed by atoms with Gasteiger partial charge in [0.25, 0.3) is 0 Å². The van der Waals surface area contributed by atoms with Crippen LogP contribution in [0.1, 0.15) is 67.7 Å². The summed E-state index contributed by atoms with van der Waals surface area (Å²) >= 11 is 0. The lowest BCUT2D eigenvalue weighted by molar-refractivity contribution is -0.123. The van der Waals surface area contributed by atoms with Gasteiger partial charge < -0.3 is 11.1 Å². The summed E-state index contributed by atoms with van der Waals surface area (Å²) in [6.07, 6.45) is 16.5. The maximum Gasteiger partial charge on any atom is 0.237 e. The van der Waals surface area contributed by atoms with E-state index in [0.717, 1.165) is 5.57 Å². The zero-order valence-electron chi connectivity index (χ0n) is 18.9. The van der Waals surface area contributed by atoms with Crippen LogP contribution < -0.4 is 11.1 Å². The molecule has 156 valence electrons. The molecule has 0 fully saturated rings. The lowest BCUT2D eigenvalue weighted by Crippen LogP contribution is -2.43. The van der Waals surface area contributed by atoms with Gasteiger partial charge in [0, 0.05) is 6.54 Å². The number of hydrogen-bond donors (Lipinski definition) is 2. The molecule has 0 aromatic rings. The Labute approximate surface area is 172 Å². The monoisotopic (exact) mass is 384 g/mol. The van der Waals surface area contributed by atoms with Crippen molar-refractivity contribution in [2.45, 2.75) is 73.8 Å². The van der Waals surface area contributed by atoms with Gasteiger partial charge in [0.15, 0.2) is 0 Å². The predicted octanol–water partition coefficient (Wildman–Crippen LogP) is 5.62. The minimum atomic E-state index is -0.450. The Morgan fingerprint density at radius 3 is 2.50 bits per heavy atom. The molecule has 1 aliphatic rings. The van der Waals surface area contributed by atoms with E-state index >= 15 is 0 Å². The Bertz CT molecular complexity index is 687. The third-order valence-electron chi connectivity index (χ3n) is 5.49. The first-order chi connectivity index (χ1) is 13.0. The summed E-state index contributed by atoms with van der Waals surface area (Å²) in [7, 11) is 0. The molecule has 1 atom stereocenters. The van der Waals surface area contributed by atoms with Crippen LogP contribution in [0.4, 0.5) is 0 Å². The number of rotatable bonds is 8. The Hall–Kier alpha value is -1.87. The van der Waals surface area contributed by atoms with Crippen LogP contribution in [0.3, 0.4) is 0 Å². The molecule has 3 N–H and O–H groups in total. The Balaban J connectivity index is 2.60. The normalized spacial score (nSPS) is 19.8. The smallest absolute Gasteiger partial charge is 0.237 e. The third-order valence-corrected chi connectivity index (χ3v) is 5.49. The summed E-state index contributed by atoms with van der Waals surface area (Å²) < 4.78 is 0. The lowest BCUT2D eigenvalue weighted by atomic mass is 9.72. The number of carbonyl (C=O) groups excluding carboxylic acids is 1. The van der Waals surface area contributed by atoms with E-state index < -0.39 is 6.04 Å². The van der Waals surface area contributed by atoms with Crippen molar-refractivity contribution in [1.29, 1.82) is 0 Å². The van der Waals surface area contributed by atoms with Crippen LogP contribution in [0.5, 0.6) is 0 Å². The van der Waals surface area contributed by atoms with Gasteiger partial charge in [-0.1, -0.05) is 80.9 Å². The predicted molar refractivity (Wildman–Crippen MR) is 122 cm³/mol. The number of nitrogens with two attached hydrogens (primary N) is 1. The van der Waals surface area contributed by atoms with E-state index in [1.807, 2.05) is 26.8 Å². The molecule has 0 aromatic carbocycles. The van der Waals surface area contributed by atoms with Gasteiger partial charge in [-0.2, -0.15) is 0 Å². The fourth-order valence-corrected chi connectivity index (χ4v) is 3.43. The summed E-state index contributed by atoms with van der Waals surface area (Å²) in [5.74, 6) is 0.0454. The molecule has 28 heavy (non-hydrogen) atoms. The number of carbonyl (C=O) groups is 1. The molecule has 0 radical (unpaired) electrons. The quantitative estimate of drug-likeness (QED) is 0.534. The van der Waals surface area contributed by atoms with Crippen molar-refractivity contribution in [3.8, 4) is 0 Å². The Morgan fingerprint density at radius 1 is 1.21 bits per heavy atom. The van der Waals surface area contributed by atoms with Crippen LogP contribution in [-0.4, -0.2) is 18.5 Å². The molecule has 0 heterocycles. The van der Waals surface area contributed by atoms with Gasteiger partial charge in [0.1, 0.15) is 0 Å². The fraction of sp³-hybridized carbons (Fsp3) is 0.560. The van der Waals surface area contributed by atoms with Gasteiger partial charge in [-0.15, -0.1) is 0 Å². The summed E-state index contributed by atoms with van der Waals surface area (Å²) in [6.45, 7) is 15.5. The lowest BCUT2D eigenvalue weighted by Gasteiger charge is -2.32. The van der Waals surface area contributed by atoms with Crippen molar-refractivity contribution in [3.63, 3.8) is 0 Å². The largest absolute Gasteiger partial charge is 0.351 e. The van der Waals surface area contributed by atoms with Crippen LogP contribution in [0.25, 0.3) is 0 Å². The van der Waals surface area contributed by atoms with E-state index in [2.05, 4.69) is 63.4 Å². The first-order valence-electron chi connectivity index (χ1n) is 10.5. The summed E-state index contributed by atoms with van der Waals surface area (Å²) in [5, 5.41) is 2.86. The number of hydrogen-bond acceptors (Lipinski definition) is 2. The maximum absolute atomic E-state index is 11.8.